The molecular weight excluding hydrogens is 234 g/mol. The Morgan fingerprint density at radius 2 is 1.74 bits per heavy atom. The standard InChI is InChI=1S/C16H15N3/c1-12-3-6-14-7-4-13(11-15(14)19-12)5-8-16-17-9-2-10-18-16/h2-4,6-7,9-11H,5,8H2,1H3. The number of aryl methyl sites for hydroxylation is 3. The summed E-state index contributed by atoms with van der Waals surface area (Å²) in [7, 11) is 0. The number of rotatable bonds is 3. The van der Waals surface area contributed by atoms with Gasteiger partial charge in [-0.3, -0.25) is 4.98 Å². The van der Waals surface area contributed by atoms with Crippen LogP contribution in [0.1, 0.15) is 17.1 Å². The van der Waals surface area contributed by atoms with Crippen LogP contribution in [0, 0.1) is 6.92 Å². The summed E-state index contributed by atoms with van der Waals surface area (Å²) in [5.74, 6) is 0.889. The lowest BCUT2D eigenvalue weighted by atomic mass is 10.1. The molecule has 94 valence electrons. The fourth-order valence-corrected chi connectivity index (χ4v) is 2.14. The molecule has 19 heavy (non-hydrogen) atoms. The van der Waals surface area contributed by atoms with Gasteiger partial charge in [0, 0.05) is 29.9 Å². The van der Waals surface area contributed by atoms with Crippen molar-refractivity contribution in [3.05, 3.63) is 65.9 Å². The zero-order chi connectivity index (χ0) is 13.1. The highest BCUT2D eigenvalue weighted by Gasteiger charge is 2.00. The maximum absolute atomic E-state index is 4.56. The number of pyridine rings is 1. The molecule has 3 nitrogen and oxygen atoms in total. The van der Waals surface area contributed by atoms with Crippen LogP contribution >= 0.6 is 0 Å². The van der Waals surface area contributed by atoms with Gasteiger partial charge in [-0.05, 0) is 37.1 Å². The molecule has 0 bridgehead atoms. The van der Waals surface area contributed by atoms with Crippen molar-refractivity contribution in [2.45, 2.75) is 19.8 Å². The van der Waals surface area contributed by atoms with E-state index in [1.165, 1.54) is 10.9 Å². The molecule has 0 aliphatic rings. The second-order valence-corrected chi connectivity index (χ2v) is 4.64. The molecule has 0 N–H and O–H groups in total. The van der Waals surface area contributed by atoms with Gasteiger partial charge in [-0.1, -0.05) is 18.2 Å². The number of hydrogen-bond donors (Lipinski definition) is 0. The van der Waals surface area contributed by atoms with Crippen LogP contribution in [0.2, 0.25) is 0 Å². The predicted octanol–water partition coefficient (Wildman–Crippen LogP) is 3.12. The normalized spacial score (nSPS) is 10.8. The molecule has 0 amide bonds. The highest BCUT2D eigenvalue weighted by Crippen LogP contribution is 2.15. The van der Waals surface area contributed by atoms with Gasteiger partial charge in [0.05, 0.1) is 5.52 Å². The minimum absolute atomic E-state index is 0.859. The van der Waals surface area contributed by atoms with Crippen molar-refractivity contribution >= 4 is 10.9 Å². The summed E-state index contributed by atoms with van der Waals surface area (Å²) in [6.45, 7) is 2.02. The summed E-state index contributed by atoms with van der Waals surface area (Å²) in [6, 6.07) is 12.4. The number of nitrogens with zero attached hydrogens (tertiary/aromatic N) is 3. The van der Waals surface area contributed by atoms with Crippen molar-refractivity contribution in [3.63, 3.8) is 0 Å². The number of fused-ring (bicyclic) bond motifs is 1. The van der Waals surface area contributed by atoms with Crippen LogP contribution in [0.3, 0.4) is 0 Å². The van der Waals surface area contributed by atoms with Crippen LogP contribution in [0.25, 0.3) is 10.9 Å². The first-order valence-corrected chi connectivity index (χ1v) is 6.43. The van der Waals surface area contributed by atoms with E-state index in [9.17, 15) is 0 Å². The third kappa shape index (κ3) is 2.76. The Kier molecular flexibility index (Phi) is 3.19. The quantitative estimate of drug-likeness (QED) is 0.716. The molecule has 0 spiro atoms. The molecular formula is C16H15N3. The van der Waals surface area contributed by atoms with Gasteiger partial charge in [-0.2, -0.15) is 0 Å². The fourth-order valence-electron chi connectivity index (χ4n) is 2.14. The van der Waals surface area contributed by atoms with Gasteiger partial charge in [0.25, 0.3) is 0 Å². The van der Waals surface area contributed by atoms with Crippen molar-refractivity contribution in [3.8, 4) is 0 Å². The Morgan fingerprint density at radius 3 is 2.58 bits per heavy atom. The van der Waals surface area contributed by atoms with E-state index in [0.29, 0.717) is 0 Å². The van der Waals surface area contributed by atoms with E-state index in [2.05, 4.69) is 39.2 Å². The maximum atomic E-state index is 4.56. The number of aromatic nitrogens is 3. The minimum atomic E-state index is 0.859. The first kappa shape index (κ1) is 11.8. The topological polar surface area (TPSA) is 38.7 Å². The first-order valence-electron chi connectivity index (χ1n) is 6.43. The number of benzene rings is 1. The summed E-state index contributed by atoms with van der Waals surface area (Å²) in [4.78, 5) is 13.0. The molecule has 0 atom stereocenters. The molecule has 2 heterocycles. The average molecular weight is 249 g/mol. The predicted molar refractivity (Wildman–Crippen MR) is 75.9 cm³/mol. The molecule has 3 rings (SSSR count). The van der Waals surface area contributed by atoms with Crippen LogP contribution in [0.5, 0.6) is 0 Å². The van der Waals surface area contributed by atoms with E-state index < -0.39 is 0 Å². The van der Waals surface area contributed by atoms with Crippen LogP contribution in [0.4, 0.5) is 0 Å². The fraction of sp³-hybridized carbons (Fsp3) is 0.188. The SMILES string of the molecule is Cc1ccc2ccc(CCc3ncccn3)cc2n1. The molecule has 1 aromatic carbocycles. The Balaban J connectivity index is 1.81. The Labute approximate surface area is 112 Å². The van der Waals surface area contributed by atoms with E-state index >= 15 is 0 Å². The smallest absolute Gasteiger partial charge is 0.128 e. The van der Waals surface area contributed by atoms with Gasteiger partial charge in [0.2, 0.25) is 0 Å². The third-order valence-electron chi connectivity index (χ3n) is 3.15. The molecule has 0 unspecified atom stereocenters. The van der Waals surface area contributed by atoms with E-state index in [0.717, 1.165) is 29.9 Å². The summed E-state index contributed by atoms with van der Waals surface area (Å²) in [6.07, 6.45) is 5.37. The van der Waals surface area contributed by atoms with Crippen LogP contribution in [-0.4, -0.2) is 15.0 Å². The lowest BCUT2D eigenvalue weighted by molar-refractivity contribution is 0.858. The van der Waals surface area contributed by atoms with Gasteiger partial charge in [0.1, 0.15) is 5.82 Å². The largest absolute Gasteiger partial charge is 0.253 e. The molecule has 3 heteroatoms. The second kappa shape index (κ2) is 5.14. The van der Waals surface area contributed by atoms with Crippen LogP contribution < -0.4 is 0 Å². The maximum Gasteiger partial charge on any atom is 0.128 e. The average Bonchev–Trinajstić information content (AvgIpc) is 2.46. The van der Waals surface area contributed by atoms with Gasteiger partial charge in [-0.15, -0.1) is 0 Å². The van der Waals surface area contributed by atoms with Crippen LogP contribution in [0.15, 0.2) is 48.8 Å². The van der Waals surface area contributed by atoms with Gasteiger partial charge in [-0.25, -0.2) is 9.97 Å². The van der Waals surface area contributed by atoms with E-state index in [1.54, 1.807) is 12.4 Å². The summed E-state index contributed by atoms with van der Waals surface area (Å²) in [5.41, 5.74) is 3.39. The summed E-state index contributed by atoms with van der Waals surface area (Å²) >= 11 is 0. The molecule has 0 fully saturated rings. The second-order valence-electron chi connectivity index (χ2n) is 4.64. The highest BCUT2D eigenvalue weighted by molar-refractivity contribution is 5.79. The van der Waals surface area contributed by atoms with Crippen LogP contribution in [-0.2, 0) is 12.8 Å². The summed E-state index contributed by atoms with van der Waals surface area (Å²) in [5, 5.41) is 1.19. The molecule has 3 aromatic rings. The van der Waals surface area contributed by atoms with E-state index in [4.69, 9.17) is 0 Å². The van der Waals surface area contributed by atoms with Crippen molar-refractivity contribution in [1.29, 1.82) is 0 Å². The van der Waals surface area contributed by atoms with Gasteiger partial charge < -0.3 is 0 Å². The van der Waals surface area contributed by atoms with Gasteiger partial charge >= 0.3 is 0 Å². The van der Waals surface area contributed by atoms with E-state index in [1.807, 2.05) is 19.1 Å². The summed E-state index contributed by atoms with van der Waals surface area (Å²) < 4.78 is 0. The Morgan fingerprint density at radius 1 is 0.947 bits per heavy atom. The molecule has 0 aliphatic carbocycles. The third-order valence-corrected chi connectivity index (χ3v) is 3.15. The van der Waals surface area contributed by atoms with Crippen molar-refractivity contribution < 1.29 is 0 Å². The van der Waals surface area contributed by atoms with Crippen molar-refractivity contribution in [1.82, 2.24) is 15.0 Å². The van der Waals surface area contributed by atoms with Crippen molar-refractivity contribution in [2.75, 3.05) is 0 Å². The lowest BCUT2D eigenvalue weighted by Gasteiger charge is -2.04. The lowest BCUT2D eigenvalue weighted by Crippen LogP contribution is -1.97. The minimum Gasteiger partial charge on any atom is -0.253 e. The number of hydrogen-bond acceptors (Lipinski definition) is 3. The molecule has 0 saturated heterocycles. The molecule has 0 saturated carbocycles. The zero-order valence-corrected chi connectivity index (χ0v) is 10.9. The molecule has 0 radical (unpaired) electrons. The monoisotopic (exact) mass is 249 g/mol. The Hall–Kier alpha value is -2.29. The zero-order valence-electron chi connectivity index (χ0n) is 10.9. The van der Waals surface area contributed by atoms with Gasteiger partial charge in [0.15, 0.2) is 0 Å². The Bertz CT molecular complexity index is 693. The molecule has 0 aliphatic heterocycles. The van der Waals surface area contributed by atoms with Crippen molar-refractivity contribution in [2.24, 2.45) is 0 Å². The first-order chi connectivity index (χ1) is 9.31. The highest BCUT2D eigenvalue weighted by atomic mass is 14.8. The van der Waals surface area contributed by atoms with E-state index in [-0.39, 0.29) is 0 Å². The molecule has 2 aromatic heterocycles.